The molecule has 1 rings (SSSR count). The Morgan fingerprint density at radius 2 is 1.61 bits per heavy atom. The van der Waals surface area contributed by atoms with Crippen molar-refractivity contribution in [1.29, 1.82) is 0 Å². The maximum Gasteiger partial charge on any atom is 0.264 e. The van der Waals surface area contributed by atoms with Crippen LogP contribution in [0.25, 0.3) is 0 Å². The van der Waals surface area contributed by atoms with Crippen LogP contribution in [0.1, 0.15) is 34.6 Å². The minimum atomic E-state index is -1.01. The van der Waals surface area contributed by atoms with Crippen LogP contribution in [0.5, 0.6) is 5.75 Å². The van der Waals surface area contributed by atoms with E-state index in [0.29, 0.717) is 5.75 Å². The van der Waals surface area contributed by atoms with Crippen LogP contribution in [0.15, 0.2) is 24.3 Å². The van der Waals surface area contributed by atoms with Gasteiger partial charge >= 0.3 is 0 Å². The van der Waals surface area contributed by atoms with Gasteiger partial charge in [-0.1, -0.05) is 0 Å². The van der Waals surface area contributed by atoms with Gasteiger partial charge in [-0.3, -0.25) is 4.79 Å². The van der Waals surface area contributed by atoms with Gasteiger partial charge in [-0.05, 0) is 58.9 Å². The zero-order valence-corrected chi connectivity index (χ0v) is 11.5. The van der Waals surface area contributed by atoms with Gasteiger partial charge < -0.3 is 10.1 Å². The fraction of sp³-hybridized carbons (Fsp3) is 0.500. The zero-order chi connectivity index (χ0) is 14.0. The minimum Gasteiger partial charge on any atom is -0.478 e. The van der Waals surface area contributed by atoms with Gasteiger partial charge in [0.05, 0.1) is 0 Å². The molecule has 0 aromatic heterocycles. The lowest BCUT2D eigenvalue weighted by atomic mass is 10.0. The summed E-state index contributed by atoms with van der Waals surface area (Å²) in [6, 6.07) is 5.60. The normalized spacial score (nSPS) is 12.1. The maximum absolute atomic E-state index is 12.8. The Morgan fingerprint density at radius 1 is 1.11 bits per heavy atom. The van der Waals surface area contributed by atoms with Crippen molar-refractivity contribution in [2.75, 3.05) is 0 Å². The smallest absolute Gasteiger partial charge is 0.264 e. The van der Waals surface area contributed by atoms with Gasteiger partial charge in [-0.15, -0.1) is 0 Å². The second-order valence-electron chi connectivity index (χ2n) is 5.77. The Morgan fingerprint density at radius 3 is 2.06 bits per heavy atom. The van der Waals surface area contributed by atoms with Crippen LogP contribution in [0, 0.1) is 5.82 Å². The van der Waals surface area contributed by atoms with Crippen LogP contribution >= 0.6 is 0 Å². The number of hydrogen-bond donors (Lipinski definition) is 1. The average molecular weight is 253 g/mol. The third-order valence-corrected chi connectivity index (χ3v) is 2.22. The van der Waals surface area contributed by atoms with Gasteiger partial charge in [0.15, 0.2) is 5.60 Å². The molecule has 4 heteroatoms. The van der Waals surface area contributed by atoms with Crippen LogP contribution in [0.2, 0.25) is 0 Å². The molecule has 18 heavy (non-hydrogen) atoms. The number of halogens is 1. The van der Waals surface area contributed by atoms with Gasteiger partial charge in [0.25, 0.3) is 5.91 Å². The SMILES string of the molecule is CC(C)(C)NC(=O)C(C)(C)Oc1ccc(F)cc1. The van der Waals surface area contributed by atoms with Crippen LogP contribution < -0.4 is 10.1 Å². The van der Waals surface area contributed by atoms with Crippen LogP contribution in [0.4, 0.5) is 4.39 Å². The third kappa shape index (κ3) is 4.35. The number of benzene rings is 1. The highest BCUT2D eigenvalue weighted by molar-refractivity contribution is 5.85. The van der Waals surface area contributed by atoms with Gasteiger partial charge in [-0.2, -0.15) is 0 Å². The van der Waals surface area contributed by atoms with E-state index in [1.54, 1.807) is 13.8 Å². The van der Waals surface area contributed by atoms with Gasteiger partial charge in [0.1, 0.15) is 11.6 Å². The molecule has 1 aromatic carbocycles. The molecule has 0 aliphatic rings. The first-order valence-electron chi connectivity index (χ1n) is 5.87. The summed E-state index contributed by atoms with van der Waals surface area (Å²) in [4.78, 5) is 12.0. The molecule has 0 unspecified atom stereocenters. The molecule has 3 nitrogen and oxygen atoms in total. The Labute approximate surface area is 107 Å². The Balaban J connectivity index is 2.75. The molecule has 0 heterocycles. The average Bonchev–Trinajstić information content (AvgIpc) is 2.18. The summed E-state index contributed by atoms with van der Waals surface area (Å²) in [5, 5.41) is 2.85. The summed E-state index contributed by atoms with van der Waals surface area (Å²) in [7, 11) is 0. The van der Waals surface area contributed by atoms with E-state index in [9.17, 15) is 9.18 Å². The molecular formula is C14H20FNO2. The lowest BCUT2D eigenvalue weighted by Gasteiger charge is -2.30. The zero-order valence-electron chi connectivity index (χ0n) is 11.5. The number of amides is 1. The molecule has 0 aliphatic heterocycles. The standard InChI is InChI=1S/C14H20FNO2/c1-13(2,3)16-12(17)14(4,5)18-11-8-6-10(15)7-9-11/h6-9H,1-5H3,(H,16,17). The predicted molar refractivity (Wildman–Crippen MR) is 69.0 cm³/mol. The second kappa shape index (κ2) is 4.96. The minimum absolute atomic E-state index is 0.209. The molecule has 0 fully saturated rings. The summed E-state index contributed by atoms with van der Waals surface area (Å²) in [6.07, 6.45) is 0. The first-order chi connectivity index (χ1) is 8.10. The molecule has 0 radical (unpaired) electrons. The highest BCUT2D eigenvalue weighted by Gasteiger charge is 2.32. The molecule has 0 saturated heterocycles. The Bertz CT molecular complexity index is 418. The van der Waals surface area contributed by atoms with Crippen molar-refractivity contribution in [1.82, 2.24) is 5.32 Å². The summed E-state index contributed by atoms with van der Waals surface area (Å²) in [5.74, 6) is -0.0796. The highest BCUT2D eigenvalue weighted by atomic mass is 19.1. The van der Waals surface area contributed by atoms with E-state index in [4.69, 9.17) is 4.74 Å². The van der Waals surface area contributed by atoms with E-state index >= 15 is 0 Å². The molecule has 0 aliphatic carbocycles. The second-order valence-corrected chi connectivity index (χ2v) is 5.77. The number of ether oxygens (including phenoxy) is 1. The summed E-state index contributed by atoms with van der Waals surface area (Å²) < 4.78 is 18.4. The van der Waals surface area contributed by atoms with Crippen molar-refractivity contribution in [2.45, 2.75) is 45.8 Å². The monoisotopic (exact) mass is 253 g/mol. The van der Waals surface area contributed by atoms with Crippen molar-refractivity contribution in [2.24, 2.45) is 0 Å². The van der Waals surface area contributed by atoms with Crippen molar-refractivity contribution in [3.8, 4) is 5.75 Å². The maximum atomic E-state index is 12.8. The van der Waals surface area contributed by atoms with Gasteiger partial charge in [-0.25, -0.2) is 4.39 Å². The fourth-order valence-corrected chi connectivity index (χ4v) is 1.33. The first-order valence-corrected chi connectivity index (χ1v) is 5.87. The molecule has 0 bridgehead atoms. The molecule has 100 valence electrons. The Kier molecular flexibility index (Phi) is 3.99. The summed E-state index contributed by atoms with van der Waals surface area (Å²) in [6.45, 7) is 9.06. The van der Waals surface area contributed by atoms with Crippen LogP contribution in [-0.2, 0) is 4.79 Å². The van der Waals surface area contributed by atoms with E-state index in [1.165, 1.54) is 24.3 Å². The molecule has 1 aromatic rings. The molecule has 0 saturated carbocycles. The van der Waals surface area contributed by atoms with Crippen molar-refractivity contribution in [3.05, 3.63) is 30.1 Å². The first kappa shape index (κ1) is 14.5. The van der Waals surface area contributed by atoms with Crippen LogP contribution in [-0.4, -0.2) is 17.0 Å². The number of rotatable bonds is 3. The third-order valence-electron chi connectivity index (χ3n) is 2.22. The summed E-state index contributed by atoms with van der Waals surface area (Å²) >= 11 is 0. The van der Waals surface area contributed by atoms with Crippen LogP contribution in [0.3, 0.4) is 0 Å². The quantitative estimate of drug-likeness (QED) is 0.899. The van der Waals surface area contributed by atoms with Crippen molar-refractivity contribution >= 4 is 5.91 Å². The lowest BCUT2D eigenvalue weighted by molar-refractivity contribution is -0.135. The molecular weight excluding hydrogens is 233 g/mol. The van der Waals surface area contributed by atoms with E-state index in [2.05, 4.69) is 5.32 Å². The molecule has 1 N–H and O–H groups in total. The van der Waals surface area contributed by atoms with Crippen molar-refractivity contribution < 1.29 is 13.9 Å². The highest BCUT2D eigenvalue weighted by Crippen LogP contribution is 2.19. The molecule has 0 atom stereocenters. The van der Waals surface area contributed by atoms with Gasteiger partial charge in [0.2, 0.25) is 0 Å². The predicted octanol–water partition coefficient (Wildman–Crippen LogP) is 2.90. The van der Waals surface area contributed by atoms with E-state index < -0.39 is 5.60 Å². The number of nitrogens with one attached hydrogen (secondary N) is 1. The molecule has 0 spiro atoms. The van der Waals surface area contributed by atoms with E-state index in [-0.39, 0.29) is 17.3 Å². The van der Waals surface area contributed by atoms with Gasteiger partial charge in [0, 0.05) is 5.54 Å². The largest absolute Gasteiger partial charge is 0.478 e. The van der Waals surface area contributed by atoms with E-state index in [1.807, 2.05) is 20.8 Å². The number of carbonyl (C=O) groups is 1. The lowest BCUT2D eigenvalue weighted by Crippen LogP contribution is -2.52. The van der Waals surface area contributed by atoms with E-state index in [0.717, 1.165) is 0 Å². The topological polar surface area (TPSA) is 38.3 Å². The number of hydrogen-bond acceptors (Lipinski definition) is 2. The number of carbonyl (C=O) groups excluding carboxylic acids is 1. The fourth-order valence-electron chi connectivity index (χ4n) is 1.33. The summed E-state index contributed by atoms with van der Waals surface area (Å²) in [5.41, 5.74) is -1.33. The van der Waals surface area contributed by atoms with Crippen molar-refractivity contribution in [3.63, 3.8) is 0 Å². The Hall–Kier alpha value is -1.58. The molecule has 1 amide bonds.